The molecule has 0 unspecified atom stereocenters. The van der Waals surface area contributed by atoms with Crippen LogP contribution in [-0.2, 0) is 11.0 Å². The first-order valence-corrected chi connectivity index (χ1v) is 4.63. The average Bonchev–Trinajstić information content (AvgIpc) is 2.23. The van der Waals surface area contributed by atoms with Gasteiger partial charge in [-0.25, -0.2) is 9.97 Å². The number of aliphatic carboxylic acids is 1. The van der Waals surface area contributed by atoms with Crippen LogP contribution in [0.1, 0.15) is 22.0 Å². The van der Waals surface area contributed by atoms with E-state index in [0.717, 1.165) is 6.07 Å². The molecule has 0 spiro atoms. The number of nitrogens with one attached hydrogen (secondary N) is 1. The van der Waals surface area contributed by atoms with Crippen LogP contribution >= 0.6 is 0 Å². The van der Waals surface area contributed by atoms with Gasteiger partial charge in [0.15, 0.2) is 0 Å². The third kappa shape index (κ3) is 3.68. The second-order valence-corrected chi connectivity index (χ2v) is 3.29. The predicted molar refractivity (Wildman–Crippen MR) is 51.7 cm³/mol. The molecule has 1 amide bonds. The minimum atomic E-state index is -4.77. The normalized spacial score (nSPS) is 11.1. The Hall–Kier alpha value is -2.19. The van der Waals surface area contributed by atoms with E-state index in [1.54, 1.807) is 0 Å². The maximum absolute atomic E-state index is 12.4. The quantitative estimate of drug-likeness (QED) is 0.833. The zero-order chi connectivity index (χ0) is 13.9. The standard InChI is InChI=1S/C9H8F3N3O3/c1-4-2-5(7(18)13-3-6(16)17)15-8(14-4)9(10,11)12/h2H,3H2,1H3,(H,13,18)(H,16,17). The fourth-order valence-electron chi connectivity index (χ4n) is 1.06. The van der Waals surface area contributed by atoms with E-state index in [0.29, 0.717) is 0 Å². The van der Waals surface area contributed by atoms with Crippen molar-refractivity contribution in [3.05, 3.63) is 23.3 Å². The molecule has 0 aromatic carbocycles. The van der Waals surface area contributed by atoms with E-state index in [1.807, 2.05) is 5.32 Å². The Morgan fingerprint density at radius 3 is 2.50 bits per heavy atom. The van der Waals surface area contributed by atoms with Crippen LogP contribution in [0.5, 0.6) is 0 Å². The van der Waals surface area contributed by atoms with Gasteiger partial charge in [-0.2, -0.15) is 13.2 Å². The van der Waals surface area contributed by atoms with Crippen molar-refractivity contribution >= 4 is 11.9 Å². The summed E-state index contributed by atoms with van der Waals surface area (Å²) < 4.78 is 37.1. The summed E-state index contributed by atoms with van der Waals surface area (Å²) in [7, 11) is 0. The average molecular weight is 263 g/mol. The molecule has 0 fully saturated rings. The molecule has 0 aliphatic heterocycles. The predicted octanol–water partition coefficient (Wildman–Crippen LogP) is 0.618. The van der Waals surface area contributed by atoms with Gasteiger partial charge in [0.05, 0.1) is 0 Å². The molecular formula is C9H8F3N3O3. The molecule has 0 saturated heterocycles. The zero-order valence-corrected chi connectivity index (χ0v) is 9.08. The number of carbonyl (C=O) groups is 2. The second-order valence-electron chi connectivity index (χ2n) is 3.29. The van der Waals surface area contributed by atoms with Crippen molar-refractivity contribution in [1.29, 1.82) is 0 Å². The zero-order valence-electron chi connectivity index (χ0n) is 9.08. The molecule has 0 atom stereocenters. The number of aryl methyl sites for hydroxylation is 1. The van der Waals surface area contributed by atoms with E-state index in [4.69, 9.17) is 5.11 Å². The highest BCUT2D eigenvalue weighted by atomic mass is 19.4. The van der Waals surface area contributed by atoms with Crippen molar-refractivity contribution in [3.8, 4) is 0 Å². The number of hydrogen-bond donors (Lipinski definition) is 2. The summed E-state index contributed by atoms with van der Waals surface area (Å²) >= 11 is 0. The molecule has 2 N–H and O–H groups in total. The first kappa shape index (κ1) is 13.9. The maximum atomic E-state index is 12.4. The van der Waals surface area contributed by atoms with Crippen molar-refractivity contribution in [2.24, 2.45) is 0 Å². The Kier molecular flexibility index (Phi) is 3.84. The van der Waals surface area contributed by atoms with Gasteiger partial charge >= 0.3 is 12.1 Å². The fraction of sp³-hybridized carbons (Fsp3) is 0.333. The number of hydrogen-bond acceptors (Lipinski definition) is 4. The number of aromatic nitrogens is 2. The molecular weight excluding hydrogens is 255 g/mol. The van der Waals surface area contributed by atoms with Gasteiger partial charge in [-0.05, 0) is 13.0 Å². The van der Waals surface area contributed by atoms with Crippen LogP contribution in [0.3, 0.4) is 0 Å². The van der Waals surface area contributed by atoms with Gasteiger partial charge in [0.1, 0.15) is 12.2 Å². The molecule has 0 aliphatic carbocycles. The summed E-state index contributed by atoms with van der Waals surface area (Å²) in [6.45, 7) is 0.564. The van der Waals surface area contributed by atoms with Crippen LogP contribution in [0.4, 0.5) is 13.2 Å². The molecule has 1 aromatic rings. The van der Waals surface area contributed by atoms with Crippen LogP contribution in [0.25, 0.3) is 0 Å². The lowest BCUT2D eigenvalue weighted by Crippen LogP contribution is -2.30. The fourth-order valence-corrected chi connectivity index (χ4v) is 1.06. The molecule has 98 valence electrons. The second kappa shape index (κ2) is 4.98. The smallest absolute Gasteiger partial charge is 0.451 e. The van der Waals surface area contributed by atoms with E-state index in [2.05, 4.69) is 9.97 Å². The van der Waals surface area contributed by atoms with E-state index < -0.39 is 36.1 Å². The highest BCUT2D eigenvalue weighted by Crippen LogP contribution is 2.26. The molecule has 0 aliphatic rings. The number of rotatable bonds is 3. The Bertz CT molecular complexity index is 488. The molecule has 0 saturated carbocycles. The van der Waals surface area contributed by atoms with Gasteiger partial charge in [-0.1, -0.05) is 0 Å². The number of amides is 1. The van der Waals surface area contributed by atoms with E-state index in [9.17, 15) is 22.8 Å². The first-order chi connectivity index (χ1) is 8.20. The largest absolute Gasteiger partial charge is 0.480 e. The molecule has 1 rings (SSSR count). The Balaban J connectivity index is 2.99. The molecule has 18 heavy (non-hydrogen) atoms. The van der Waals surface area contributed by atoms with Gasteiger partial charge in [0.25, 0.3) is 5.91 Å². The third-order valence-corrected chi connectivity index (χ3v) is 1.74. The van der Waals surface area contributed by atoms with E-state index in [1.165, 1.54) is 6.92 Å². The number of carboxylic acid groups (broad SMARTS) is 1. The van der Waals surface area contributed by atoms with Crippen LogP contribution in [0.2, 0.25) is 0 Å². The van der Waals surface area contributed by atoms with Crippen LogP contribution in [0.15, 0.2) is 6.07 Å². The van der Waals surface area contributed by atoms with Gasteiger partial charge in [0.2, 0.25) is 5.82 Å². The molecule has 1 heterocycles. The topological polar surface area (TPSA) is 92.2 Å². The number of carbonyl (C=O) groups excluding carboxylic acids is 1. The number of halogens is 3. The van der Waals surface area contributed by atoms with Crippen LogP contribution in [-0.4, -0.2) is 33.5 Å². The minimum Gasteiger partial charge on any atom is -0.480 e. The van der Waals surface area contributed by atoms with E-state index >= 15 is 0 Å². The Morgan fingerprint density at radius 1 is 1.39 bits per heavy atom. The van der Waals surface area contributed by atoms with Gasteiger partial charge in [-0.3, -0.25) is 9.59 Å². The summed E-state index contributed by atoms with van der Waals surface area (Å²) in [4.78, 5) is 27.7. The monoisotopic (exact) mass is 263 g/mol. The van der Waals surface area contributed by atoms with Gasteiger partial charge in [-0.15, -0.1) is 0 Å². The van der Waals surface area contributed by atoms with Crippen molar-refractivity contribution in [2.45, 2.75) is 13.1 Å². The Morgan fingerprint density at radius 2 is 2.00 bits per heavy atom. The van der Waals surface area contributed by atoms with Crippen molar-refractivity contribution in [2.75, 3.05) is 6.54 Å². The molecule has 1 aromatic heterocycles. The summed E-state index contributed by atoms with van der Waals surface area (Å²) in [6, 6.07) is 1.03. The molecule has 9 heteroatoms. The minimum absolute atomic E-state index is 0.0437. The van der Waals surface area contributed by atoms with Crippen LogP contribution < -0.4 is 5.32 Å². The van der Waals surface area contributed by atoms with E-state index in [-0.39, 0.29) is 5.69 Å². The SMILES string of the molecule is Cc1cc(C(=O)NCC(=O)O)nc(C(F)(F)F)n1. The van der Waals surface area contributed by atoms with Crippen LogP contribution in [0, 0.1) is 6.92 Å². The summed E-state index contributed by atoms with van der Waals surface area (Å²) in [5.41, 5.74) is -0.575. The van der Waals surface area contributed by atoms with Crippen molar-refractivity contribution in [1.82, 2.24) is 15.3 Å². The lowest BCUT2D eigenvalue weighted by atomic mass is 10.3. The molecule has 6 nitrogen and oxygen atoms in total. The summed E-state index contributed by atoms with van der Waals surface area (Å²) in [6.07, 6.45) is -4.77. The van der Waals surface area contributed by atoms with Gasteiger partial charge in [0, 0.05) is 5.69 Å². The first-order valence-electron chi connectivity index (χ1n) is 4.63. The number of alkyl halides is 3. The number of carboxylic acids is 1. The lowest BCUT2D eigenvalue weighted by molar-refractivity contribution is -0.145. The van der Waals surface area contributed by atoms with Crippen molar-refractivity contribution in [3.63, 3.8) is 0 Å². The summed E-state index contributed by atoms with van der Waals surface area (Å²) in [5.74, 6) is -3.76. The number of nitrogens with zero attached hydrogens (tertiary/aromatic N) is 2. The molecule has 0 bridgehead atoms. The Labute approximate surface area is 98.9 Å². The lowest BCUT2D eigenvalue weighted by Gasteiger charge is -2.08. The van der Waals surface area contributed by atoms with Gasteiger partial charge < -0.3 is 10.4 Å². The third-order valence-electron chi connectivity index (χ3n) is 1.74. The molecule has 0 radical (unpaired) electrons. The maximum Gasteiger partial charge on any atom is 0.451 e. The highest BCUT2D eigenvalue weighted by molar-refractivity contribution is 5.94. The summed E-state index contributed by atoms with van der Waals surface area (Å²) in [5, 5.41) is 10.2. The van der Waals surface area contributed by atoms with Crippen molar-refractivity contribution < 1.29 is 27.9 Å². The highest BCUT2D eigenvalue weighted by Gasteiger charge is 2.35.